The summed E-state index contributed by atoms with van der Waals surface area (Å²) in [6.07, 6.45) is -3.78. The van der Waals surface area contributed by atoms with Crippen LogP contribution < -0.4 is 11.4 Å². The molecule has 1 aromatic rings. The van der Waals surface area contributed by atoms with Crippen LogP contribution in [0.1, 0.15) is 6.23 Å². The number of aliphatic hydroxyl groups is 2. The number of rotatable bonds is 3. The van der Waals surface area contributed by atoms with Gasteiger partial charge in [0.25, 0.3) is 0 Å². The van der Waals surface area contributed by atoms with Crippen LogP contribution in [0.3, 0.4) is 0 Å². The van der Waals surface area contributed by atoms with Gasteiger partial charge >= 0.3 is 5.69 Å². The number of halogens is 2. The highest BCUT2D eigenvalue weighted by molar-refractivity contribution is 6.18. The molecule has 1 fully saturated rings. The van der Waals surface area contributed by atoms with Crippen molar-refractivity contribution >= 4 is 17.4 Å². The van der Waals surface area contributed by atoms with Crippen molar-refractivity contribution in [3.63, 3.8) is 0 Å². The minimum Gasteiger partial charge on any atom is -0.393 e. The molecule has 0 aliphatic carbocycles. The van der Waals surface area contributed by atoms with Crippen LogP contribution in [0.15, 0.2) is 17.1 Å². The Labute approximate surface area is 112 Å². The quantitative estimate of drug-likeness (QED) is 0.618. The Kier molecular flexibility index (Phi) is 3.77. The number of aliphatic hydroxyl groups excluding tert-OH is 2. The Morgan fingerprint density at radius 1 is 1.68 bits per heavy atom. The van der Waals surface area contributed by atoms with Crippen LogP contribution in [-0.2, 0) is 4.74 Å². The summed E-state index contributed by atoms with van der Waals surface area (Å²) < 4.78 is 20.2. The Morgan fingerprint density at radius 2 is 2.37 bits per heavy atom. The molecule has 2 rings (SSSR count). The molecular weight excluding hydrogens is 281 g/mol. The summed E-state index contributed by atoms with van der Waals surface area (Å²) in [5.74, 6) is -0.334. The summed E-state index contributed by atoms with van der Waals surface area (Å²) in [7, 11) is 0. The molecule has 0 unspecified atom stereocenters. The van der Waals surface area contributed by atoms with Gasteiger partial charge in [-0.3, -0.25) is 4.57 Å². The van der Waals surface area contributed by atoms with Gasteiger partial charge in [0.05, 0.1) is 12.5 Å². The van der Waals surface area contributed by atoms with E-state index < -0.39 is 36.4 Å². The molecule has 7 nitrogen and oxygen atoms in total. The fraction of sp³-hybridized carbons (Fsp3) is 0.600. The smallest absolute Gasteiger partial charge is 0.351 e. The van der Waals surface area contributed by atoms with Gasteiger partial charge in [0.1, 0.15) is 17.5 Å². The summed E-state index contributed by atoms with van der Waals surface area (Å²) >= 11 is 5.61. The Balaban J connectivity index is 2.39. The van der Waals surface area contributed by atoms with E-state index in [1.807, 2.05) is 0 Å². The third-order valence-corrected chi connectivity index (χ3v) is 3.54. The minimum atomic E-state index is -1.92. The van der Waals surface area contributed by atoms with Gasteiger partial charge < -0.3 is 20.7 Å². The Hall–Kier alpha value is -1.22. The number of hydrogen-bond acceptors (Lipinski definition) is 6. The standard InChI is InChI=1S/C10H13ClFN3O4/c11-3-10(4-16)7(17)6(12)8(19-10)15-2-1-5(13)14-9(15)18/h1-2,6-8,16-17H,3-4H2,(H2,13,14,18)/t6-,7-,8+,10+/m0/s1. The molecule has 0 bridgehead atoms. The highest BCUT2D eigenvalue weighted by atomic mass is 35.5. The minimum absolute atomic E-state index is 0.0130. The Bertz CT molecular complexity index is 522. The lowest BCUT2D eigenvalue weighted by atomic mass is 9.99. The van der Waals surface area contributed by atoms with Crippen LogP contribution in [0.5, 0.6) is 0 Å². The van der Waals surface area contributed by atoms with Gasteiger partial charge in [-0.05, 0) is 6.07 Å². The molecule has 19 heavy (non-hydrogen) atoms. The molecule has 1 aliphatic rings. The number of nitrogen functional groups attached to an aromatic ring is 1. The lowest BCUT2D eigenvalue weighted by molar-refractivity contribution is -0.115. The third-order valence-electron chi connectivity index (χ3n) is 3.09. The number of ether oxygens (including phenoxy) is 1. The van der Waals surface area contributed by atoms with Crippen molar-refractivity contribution in [2.45, 2.75) is 24.1 Å². The van der Waals surface area contributed by atoms with E-state index >= 15 is 0 Å². The lowest BCUT2D eigenvalue weighted by Gasteiger charge is -2.26. The van der Waals surface area contributed by atoms with Crippen molar-refractivity contribution in [3.05, 3.63) is 22.7 Å². The zero-order valence-electron chi connectivity index (χ0n) is 9.74. The molecule has 2 heterocycles. The molecule has 0 saturated carbocycles. The van der Waals surface area contributed by atoms with Crippen LogP contribution in [0.25, 0.3) is 0 Å². The molecule has 1 aliphatic heterocycles. The van der Waals surface area contributed by atoms with Crippen molar-refractivity contribution in [3.8, 4) is 0 Å². The van der Waals surface area contributed by atoms with E-state index in [0.717, 1.165) is 4.57 Å². The largest absolute Gasteiger partial charge is 0.393 e. The number of hydrogen-bond donors (Lipinski definition) is 3. The molecule has 4 N–H and O–H groups in total. The first-order valence-corrected chi connectivity index (χ1v) is 6.00. The van der Waals surface area contributed by atoms with Crippen molar-refractivity contribution in [2.24, 2.45) is 0 Å². The number of nitrogens with two attached hydrogens (primary N) is 1. The zero-order valence-corrected chi connectivity index (χ0v) is 10.5. The van der Waals surface area contributed by atoms with E-state index in [2.05, 4.69) is 4.98 Å². The van der Waals surface area contributed by atoms with E-state index in [9.17, 15) is 19.4 Å². The van der Waals surface area contributed by atoms with Gasteiger partial charge in [0.15, 0.2) is 12.4 Å². The fourth-order valence-corrected chi connectivity index (χ4v) is 2.24. The summed E-state index contributed by atoms with van der Waals surface area (Å²) in [6.45, 7) is -0.675. The number of aromatic nitrogens is 2. The lowest BCUT2D eigenvalue weighted by Crippen LogP contribution is -2.47. The molecule has 0 radical (unpaired) electrons. The molecular formula is C10H13ClFN3O4. The maximum absolute atomic E-state index is 14.1. The second-order valence-electron chi connectivity index (χ2n) is 4.30. The third kappa shape index (κ3) is 2.20. The van der Waals surface area contributed by atoms with Crippen molar-refractivity contribution in [1.29, 1.82) is 0 Å². The van der Waals surface area contributed by atoms with Crippen molar-refractivity contribution < 1.29 is 19.3 Å². The molecule has 0 amide bonds. The van der Waals surface area contributed by atoms with E-state index in [-0.39, 0.29) is 11.7 Å². The first-order valence-electron chi connectivity index (χ1n) is 5.46. The molecule has 1 aromatic heterocycles. The highest BCUT2D eigenvalue weighted by Gasteiger charge is 2.55. The van der Waals surface area contributed by atoms with Crippen molar-refractivity contribution in [1.82, 2.24) is 9.55 Å². The summed E-state index contributed by atoms with van der Waals surface area (Å²) in [5.41, 5.74) is 2.86. The van der Waals surface area contributed by atoms with Crippen LogP contribution in [-0.4, -0.2) is 50.1 Å². The van der Waals surface area contributed by atoms with Crippen LogP contribution in [0.4, 0.5) is 10.2 Å². The van der Waals surface area contributed by atoms with Crippen molar-refractivity contribution in [2.75, 3.05) is 18.2 Å². The normalized spacial score (nSPS) is 34.6. The maximum Gasteiger partial charge on any atom is 0.351 e. The monoisotopic (exact) mass is 293 g/mol. The second kappa shape index (κ2) is 5.04. The average molecular weight is 294 g/mol. The summed E-state index contributed by atoms with van der Waals surface area (Å²) in [6, 6.07) is 1.30. The number of alkyl halides is 2. The van der Waals surface area contributed by atoms with Gasteiger partial charge in [0, 0.05) is 6.20 Å². The maximum atomic E-state index is 14.1. The van der Waals surface area contributed by atoms with Crippen LogP contribution in [0.2, 0.25) is 0 Å². The summed E-state index contributed by atoms with van der Waals surface area (Å²) in [5, 5.41) is 19.0. The van der Waals surface area contributed by atoms with Gasteiger partial charge in [0.2, 0.25) is 0 Å². The van der Waals surface area contributed by atoms with E-state index in [1.54, 1.807) is 0 Å². The second-order valence-corrected chi connectivity index (χ2v) is 4.56. The Morgan fingerprint density at radius 3 is 2.84 bits per heavy atom. The molecule has 9 heteroatoms. The summed E-state index contributed by atoms with van der Waals surface area (Å²) in [4.78, 5) is 15.1. The van der Waals surface area contributed by atoms with E-state index in [4.69, 9.17) is 22.1 Å². The van der Waals surface area contributed by atoms with Gasteiger partial charge in [-0.25, -0.2) is 9.18 Å². The zero-order chi connectivity index (χ0) is 14.2. The molecule has 106 valence electrons. The molecule has 0 spiro atoms. The number of anilines is 1. The fourth-order valence-electron chi connectivity index (χ4n) is 1.93. The average Bonchev–Trinajstić information content (AvgIpc) is 2.64. The van der Waals surface area contributed by atoms with Gasteiger partial charge in [-0.1, -0.05) is 0 Å². The van der Waals surface area contributed by atoms with Crippen LogP contribution in [0, 0.1) is 0 Å². The first-order chi connectivity index (χ1) is 8.95. The first kappa shape index (κ1) is 14.2. The molecule has 4 atom stereocenters. The molecule has 1 saturated heterocycles. The van der Waals surface area contributed by atoms with Gasteiger partial charge in [-0.2, -0.15) is 4.98 Å². The predicted molar refractivity (Wildman–Crippen MR) is 64.5 cm³/mol. The van der Waals surface area contributed by atoms with E-state index in [1.165, 1.54) is 12.3 Å². The topological polar surface area (TPSA) is 111 Å². The van der Waals surface area contributed by atoms with E-state index in [0.29, 0.717) is 0 Å². The molecule has 0 aromatic carbocycles. The van der Waals surface area contributed by atoms with Gasteiger partial charge in [-0.15, -0.1) is 11.6 Å². The highest BCUT2D eigenvalue weighted by Crippen LogP contribution is 2.39. The SMILES string of the molecule is Nc1ccn([C@@H]2O[C@@](CO)(CCl)[C@@H](O)[C@@H]2F)c(=O)n1. The predicted octanol–water partition coefficient (Wildman–Crippen LogP) is -0.977. The van der Waals surface area contributed by atoms with Crippen LogP contribution >= 0.6 is 11.6 Å². The number of nitrogens with zero attached hydrogens (tertiary/aromatic N) is 2.